The monoisotopic (exact) mass is 463 g/mol. The van der Waals surface area contributed by atoms with Crippen LogP contribution in [0.4, 0.5) is 4.39 Å². The summed E-state index contributed by atoms with van der Waals surface area (Å²) in [5, 5.41) is 12.6. The van der Waals surface area contributed by atoms with E-state index in [2.05, 4.69) is 0 Å². The second-order valence-electron chi connectivity index (χ2n) is 8.62. The first-order valence-electron chi connectivity index (χ1n) is 11.1. The summed E-state index contributed by atoms with van der Waals surface area (Å²) in [7, 11) is 0. The lowest BCUT2D eigenvalue weighted by Crippen LogP contribution is -2.63. The normalized spacial score (nSPS) is 21.5. The van der Waals surface area contributed by atoms with Gasteiger partial charge in [-0.15, -0.1) is 11.8 Å². The summed E-state index contributed by atoms with van der Waals surface area (Å²) in [5.74, 6) is -0.608. The minimum Gasteiger partial charge on any atom is -0.502 e. The van der Waals surface area contributed by atoms with Crippen LogP contribution < -0.4 is 10.4 Å². The maximum absolute atomic E-state index is 15.5. The summed E-state index contributed by atoms with van der Waals surface area (Å²) in [6.45, 7) is 0.524. The smallest absolute Gasteiger partial charge is 0.278 e. The Morgan fingerprint density at radius 2 is 1.88 bits per heavy atom. The number of aromatic nitrogens is 1. The Hall–Kier alpha value is -3.26. The molecule has 1 fully saturated rings. The SMILES string of the molecule is O=C1c2c(O)c(=O)ccn2N([C@@H]2c3ccccc3SCc3cccc(F)c32)[C@@H]2CCCCN12. The van der Waals surface area contributed by atoms with Gasteiger partial charge >= 0.3 is 0 Å². The molecule has 3 aromatic rings. The van der Waals surface area contributed by atoms with E-state index in [1.165, 1.54) is 18.3 Å². The largest absolute Gasteiger partial charge is 0.502 e. The van der Waals surface area contributed by atoms with E-state index in [9.17, 15) is 14.7 Å². The molecular formula is C25H22FN3O3S. The number of thioether (sulfide) groups is 1. The van der Waals surface area contributed by atoms with Gasteiger partial charge in [0.15, 0.2) is 11.4 Å². The molecule has 4 heterocycles. The number of piperidine rings is 1. The highest BCUT2D eigenvalue weighted by atomic mass is 32.2. The summed E-state index contributed by atoms with van der Waals surface area (Å²) in [6.07, 6.45) is 3.69. The van der Waals surface area contributed by atoms with Crippen molar-refractivity contribution >= 4 is 17.7 Å². The molecule has 3 aliphatic rings. The maximum Gasteiger partial charge on any atom is 0.278 e. The fourth-order valence-electron chi connectivity index (χ4n) is 5.35. The van der Waals surface area contributed by atoms with Crippen LogP contribution in [0.15, 0.2) is 64.4 Å². The van der Waals surface area contributed by atoms with Gasteiger partial charge in [-0.05, 0) is 42.5 Å². The molecule has 0 aliphatic carbocycles. The Morgan fingerprint density at radius 1 is 1.03 bits per heavy atom. The highest BCUT2D eigenvalue weighted by Gasteiger charge is 2.45. The summed E-state index contributed by atoms with van der Waals surface area (Å²) >= 11 is 1.66. The summed E-state index contributed by atoms with van der Waals surface area (Å²) in [5.41, 5.74) is 1.74. The van der Waals surface area contributed by atoms with Gasteiger partial charge < -0.3 is 10.0 Å². The first-order valence-corrected chi connectivity index (χ1v) is 12.1. The summed E-state index contributed by atoms with van der Waals surface area (Å²) in [4.78, 5) is 28.4. The van der Waals surface area contributed by atoms with Crippen LogP contribution in [-0.2, 0) is 5.75 Å². The molecule has 3 aliphatic heterocycles. The van der Waals surface area contributed by atoms with Crippen LogP contribution in [0.2, 0.25) is 0 Å². The molecule has 0 saturated carbocycles. The molecule has 2 atom stereocenters. The van der Waals surface area contributed by atoms with Crippen molar-refractivity contribution in [1.29, 1.82) is 0 Å². The molecule has 0 unspecified atom stereocenters. The number of halogens is 1. The number of nitrogens with zero attached hydrogens (tertiary/aromatic N) is 3. The molecular weight excluding hydrogens is 441 g/mol. The number of hydrogen-bond acceptors (Lipinski definition) is 5. The Balaban J connectivity index is 1.68. The molecule has 6 nitrogen and oxygen atoms in total. The molecule has 168 valence electrons. The highest BCUT2D eigenvalue weighted by Crippen LogP contribution is 2.45. The Kier molecular flexibility index (Phi) is 4.72. The van der Waals surface area contributed by atoms with E-state index in [0.29, 0.717) is 24.3 Å². The topological polar surface area (TPSA) is 65.8 Å². The Morgan fingerprint density at radius 3 is 2.76 bits per heavy atom. The lowest BCUT2D eigenvalue weighted by molar-refractivity contribution is 0.0461. The fourth-order valence-corrected chi connectivity index (χ4v) is 6.43. The molecule has 6 rings (SSSR count). The second kappa shape index (κ2) is 7.66. The van der Waals surface area contributed by atoms with Gasteiger partial charge in [0.1, 0.15) is 18.0 Å². The lowest BCUT2D eigenvalue weighted by Gasteiger charge is -2.51. The predicted molar refractivity (Wildman–Crippen MR) is 124 cm³/mol. The number of fused-ring (bicyclic) bond motifs is 4. The predicted octanol–water partition coefficient (Wildman–Crippen LogP) is 3.99. The Labute approximate surface area is 194 Å². The van der Waals surface area contributed by atoms with Gasteiger partial charge in [-0.1, -0.05) is 30.3 Å². The average molecular weight is 464 g/mol. The Bertz CT molecular complexity index is 1340. The van der Waals surface area contributed by atoms with E-state index >= 15 is 4.39 Å². The molecule has 8 heteroatoms. The van der Waals surface area contributed by atoms with E-state index < -0.39 is 17.2 Å². The first-order chi connectivity index (χ1) is 16.1. The summed E-state index contributed by atoms with van der Waals surface area (Å²) < 4.78 is 17.1. The fraction of sp³-hybridized carbons (Fsp3) is 0.280. The number of pyridine rings is 1. The van der Waals surface area contributed by atoms with Crippen molar-refractivity contribution in [2.24, 2.45) is 0 Å². The molecule has 1 N–H and O–H groups in total. The van der Waals surface area contributed by atoms with Gasteiger partial charge in [-0.2, -0.15) is 0 Å². The number of amides is 1. The molecule has 1 aromatic heterocycles. The third-order valence-electron chi connectivity index (χ3n) is 6.82. The van der Waals surface area contributed by atoms with Crippen LogP contribution in [0.1, 0.15) is 52.5 Å². The van der Waals surface area contributed by atoms with Gasteiger partial charge in [0.05, 0.1) is 0 Å². The summed E-state index contributed by atoms with van der Waals surface area (Å²) in [6, 6.07) is 13.8. The van der Waals surface area contributed by atoms with E-state index in [0.717, 1.165) is 28.9 Å². The van der Waals surface area contributed by atoms with E-state index in [4.69, 9.17) is 0 Å². The first kappa shape index (κ1) is 20.4. The van der Waals surface area contributed by atoms with Gasteiger partial charge in [0, 0.05) is 35.0 Å². The van der Waals surface area contributed by atoms with Crippen LogP contribution in [0.3, 0.4) is 0 Å². The van der Waals surface area contributed by atoms with Gasteiger partial charge in [-0.3, -0.25) is 19.3 Å². The quantitative estimate of drug-likeness (QED) is 0.591. The van der Waals surface area contributed by atoms with Crippen LogP contribution in [-0.4, -0.2) is 33.3 Å². The van der Waals surface area contributed by atoms with Crippen molar-refractivity contribution < 1.29 is 14.3 Å². The number of aromatic hydroxyl groups is 1. The van der Waals surface area contributed by atoms with Gasteiger partial charge in [-0.25, -0.2) is 4.39 Å². The standard InChI is InChI=1S/C25H22FN3O3S/c26-17-8-5-6-15-14-33-19-9-2-1-7-16(19)22(21(15)17)29-20-10-3-4-12-27(20)25(32)23-24(31)18(30)11-13-28(23)29/h1-2,5-9,11,13,20,22,31H,3-4,10,12,14H2/t20-,22-/m1/s1. The zero-order chi connectivity index (χ0) is 22.7. The van der Waals surface area contributed by atoms with Crippen molar-refractivity contribution in [2.45, 2.75) is 42.1 Å². The van der Waals surface area contributed by atoms with Crippen molar-refractivity contribution in [2.75, 3.05) is 11.6 Å². The zero-order valence-electron chi connectivity index (χ0n) is 17.8. The number of carbonyl (C=O) groups excluding carboxylic acids is 1. The van der Waals surface area contributed by atoms with Crippen molar-refractivity contribution in [3.05, 3.63) is 93.2 Å². The molecule has 1 saturated heterocycles. The van der Waals surface area contributed by atoms with Crippen LogP contribution in [0, 0.1) is 5.82 Å². The maximum atomic E-state index is 15.5. The van der Waals surface area contributed by atoms with Crippen molar-refractivity contribution in [3.8, 4) is 5.75 Å². The third kappa shape index (κ3) is 3.00. The number of hydrogen-bond donors (Lipinski definition) is 1. The average Bonchev–Trinajstić information content (AvgIpc) is 3.00. The van der Waals surface area contributed by atoms with E-state index in [-0.39, 0.29) is 23.6 Å². The minimum atomic E-state index is -0.603. The van der Waals surface area contributed by atoms with Crippen molar-refractivity contribution in [3.63, 3.8) is 0 Å². The second-order valence-corrected chi connectivity index (χ2v) is 9.64. The number of carbonyl (C=O) groups is 1. The lowest BCUT2D eigenvalue weighted by atomic mass is 9.92. The van der Waals surface area contributed by atoms with Gasteiger partial charge in [0.25, 0.3) is 5.91 Å². The third-order valence-corrected chi connectivity index (χ3v) is 7.96. The highest BCUT2D eigenvalue weighted by molar-refractivity contribution is 7.98. The number of benzene rings is 2. The van der Waals surface area contributed by atoms with Crippen LogP contribution in [0.25, 0.3) is 0 Å². The van der Waals surface area contributed by atoms with Crippen LogP contribution in [0.5, 0.6) is 5.75 Å². The molecule has 0 spiro atoms. The van der Waals surface area contributed by atoms with Crippen LogP contribution >= 0.6 is 11.8 Å². The molecule has 0 bridgehead atoms. The molecule has 2 aromatic carbocycles. The van der Waals surface area contributed by atoms with Crippen molar-refractivity contribution in [1.82, 2.24) is 9.58 Å². The molecule has 1 amide bonds. The zero-order valence-corrected chi connectivity index (χ0v) is 18.6. The number of rotatable bonds is 1. The minimum absolute atomic E-state index is 0.0621. The van der Waals surface area contributed by atoms with Gasteiger partial charge in [0.2, 0.25) is 5.43 Å². The van der Waals surface area contributed by atoms with E-state index in [1.807, 2.05) is 35.3 Å². The van der Waals surface area contributed by atoms with E-state index in [1.54, 1.807) is 27.4 Å². The molecule has 0 radical (unpaired) electrons. The molecule has 33 heavy (non-hydrogen) atoms.